The highest BCUT2D eigenvalue weighted by Gasteiger charge is 2.38. The number of nitrogens with zero attached hydrogens (tertiary/aromatic N) is 3. The number of piperidine rings is 1. The van der Waals surface area contributed by atoms with Crippen LogP contribution in [0.4, 0.5) is 0 Å². The maximum Gasteiger partial charge on any atom is 0.259 e. The van der Waals surface area contributed by atoms with E-state index in [2.05, 4.69) is 28.2 Å². The molecule has 5 heterocycles. The maximum absolute atomic E-state index is 14.7. The number of hydrogen-bond acceptors (Lipinski definition) is 8. The number of H-pyrrole nitrogens is 2. The van der Waals surface area contributed by atoms with Crippen LogP contribution < -0.4 is 31.4 Å². The Morgan fingerprint density at radius 1 is 0.897 bits per heavy atom. The molecule has 8 rings (SSSR count). The Labute approximate surface area is 347 Å². The molecule has 4 atom stereocenters. The number of likely N-dealkylation sites (tertiary alicyclic amines) is 1. The molecule has 4 unspecified atom stereocenters. The highest BCUT2D eigenvalue weighted by molar-refractivity contribution is 7.71. The molecule has 2 bridgehead atoms. The van der Waals surface area contributed by atoms with Crippen LogP contribution in [0, 0.1) is 15.5 Å². The normalized spacial score (nSPS) is 20.8. The molecule has 1 saturated heterocycles. The summed E-state index contributed by atoms with van der Waals surface area (Å²) >= 11 is 11.2. The van der Waals surface area contributed by atoms with Crippen molar-refractivity contribution in [2.75, 3.05) is 20.2 Å². The molecule has 4 N–H and O–H groups in total. The summed E-state index contributed by atoms with van der Waals surface area (Å²) in [6, 6.07) is 11.0. The zero-order chi connectivity index (χ0) is 40.5. The van der Waals surface area contributed by atoms with Gasteiger partial charge in [0.05, 0.1) is 31.7 Å². The topological polar surface area (TPSA) is 155 Å². The average molecular weight is 825 g/mol. The monoisotopic (exact) mass is 824 g/mol. The van der Waals surface area contributed by atoms with Crippen molar-refractivity contribution >= 4 is 24.4 Å². The molecular formula is C44H52N6O6S2. The molecule has 1 aromatic carbocycles. The average Bonchev–Trinajstić information content (AvgIpc) is 3.21. The molecule has 4 aliphatic rings. The van der Waals surface area contributed by atoms with Crippen LogP contribution >= 0.6 is 24.4 Å². The Bertz CT molecular complexity index is 2470. The van der Waals surface area contributed by atoms with Crippen LogP contribution in [0.5, 0.6) is 17.5 Å². The third-order valence-electron chi connectivity index (χ3n) is 12.8. The van der Waals surface area contributed by atoms with Crippen molar-refractivity contribution in [2.45, 2.75) is 109 Å². The highest BCUT2D eigenvalue weighted by Crippen LogP contribution is 2.39. The summed E-state index contributed by atoms with van der Waals surface area (Å²) in [6.07, 6.45) is 15.1. The molecular weight excluding hydrogens is 773 g/mol. The van der Waals surface area contributed by atoms with E-state index in [1.54, 1.807) is 25.3 Å². The molecule has 0 spiro atoms. The van der Waals surface area contributed by atoms with Gasteiger partial charge in [0.15, 0.2) is 9.54 Å². The largest absolute Gasteiger partial charge is 0.860 e. The maximum atomic E-state index is 14.7. The molecule has 1 fully saturated rings. The first kappa shape index (κ1) is 40.0. The lowest BCUT2D eigenvalue weighted by Crippen LogP contribution is -3.13. The summed E-state index contributed by atoms with van der Waals surface area (Å²) < 4.78 is 10.8. The number of nitrogens with one attached hydrogen (secondary N) is 3. The molecule has 14 heteroatoms. The first-order chi connectivity index (χ1) is 28.1. The number of quaternary nitrogens is 1. The van der Waals surface area contributed by atoms with Gasteiger partial charge >= 0.3 is 0 Å². The van der Waals surface area contributed by atoms with Crippen molar-refractivity contribution in [1.29, 1.82) is 0 Å². The van der Waals surface area contributed by atoms with E-state index in [1.807, 2.05) is 16.7 Å². The van der Waals surface area contributed by atoms with Crippen molar-refractivity contribution in [1.82, 2.24) is 23.7 Å². The summed E-state index contributed by atoms with van der Waals surface area (Å²) in [5.41, 5.74) is 3.20. The van der Waals surface area contributed by atoms with Crippen molar-refractivity contribution in [3.63, 3.8) is 0 Å². The zero-order valence-electron chi connectivity index (χ0n) is 33.0. The summed E-state index contributed by atoms with van der Waals surface area (Å²) in [7, 11) is 1.61. The molecule has 2 aliphatic carbocycles. The summed E-state index contributed by atoms with van der Waals surface area (Å²) in [4.78, 5) is 47.9. The number of ether oxygens (including phenoxy) is 1. The third kappa shape index (κ3) is 8.10. The number of aromatic nitrogens is 5. The Kier molecular flexibility index (Phi) is 11.9. The standard InChI is InChI=1S/C44H52N6O6S2/c1-56-34-16-15-30(22-32(34)26-47-23-29-21-31(25-47)33-13-8-14-35(51)50(33)24-29)36(37-39(52)45-43(57)48(41(37)54)19-17-27-9-4-2-5-10-27)38-40(53)46-44(58)49(42(38)55)20-18-28-11-6-3-7-12-28/h8-9,11,13-16,22,29,31,36,54-55H,2-7,10,12,17-21,23-26H2,1H3,(H,45,52,57)(H,46,53,58). The fourth-order valence-corrected chi connectivity index (χ4v) is 10.5. The van der Waals surface area contributed by atoms with E-state index >= 15 is 0 Å². The predicted molar refractivity (Wildman–Crippen MR) is 225 cm³/mol. The molecule has 4 aromatic rings. The van der Waals surface area contributed by atoms with Crippen molar-refractivity contribution < 1.29 is 19.8 Å². The van der Waals surface area contributed by atoms with Crippen molar-refractivity contribution in [2.24, 2.45) is 5.92 Å². The zero-order valence-corrected chi connectivity index (χ0v) is 34.7. The number of fused-ring (bicyclic) bond motifs is 4. The molecule has 12 nitrogen and oxygen atoms in total. The van der Waals surface area contributed by atoms with E-state index < -0.39 is 22.9 Å². The smallest absolute Gasteiger partial charge is 0.259 e. The summed E-state index contributed by atoms with van der Waals surface area (Å²) in [5.74, 6) is -1.07. The number of aromatic amines is 2. The number of aromatic hydroxyl groups is 1. The van der Waals surface area contributed by atoms with E-state index in [9.17, 15) is 24.6 Å². The van der Waals surface area contributed by atoms with Crippen LogP contribution in [0.25, 0.3) is 0 Å². The molecule has 3 aromatic heterocycles. The number of benzene rings is 1. The SMILES string of the molecule is COc1ccc(C(c2c([O-])n(CCC3=CCCCC3)c(=S)[nH]c2=O)c2c(O)n(CCC3=CCCCC3)c(=S)[nH]c2=O)cc1C[NH+]1CC2CC(C1)c1cccc(=O)n1C2. The van der Waals surface area contributed by atoms with Gasteiger partial charge in [-0.3, -0.25) is 28.9 Å². The second-order valence-corrected chi connectivity index (χ2v) is 17.3. The number of hydrogen-bond donors (Lipinski definition) is 4. The van der Waals surface area contributed by atoms with E-state index in [1.165, 1.54) is 25.2 Å². The first-order valence-electron chi connectivity index (χ1n) is 20.8. The van der Waals surface area contributed by atoms with Gasteiger partial charge in [-0.1, -0.05) is 35.4 Å². The van der Waals surface area contributed by atoms with Gasteiger partial charge in [-0.2, -0.15) is 0 Å². The Morgan fingerprint density at radius 2 is 1.57 bits per heavy atom. The Morgan fingerprint density at radius 3 is 2.24 bits per heavy atom. The lowest BCUT2D eigenvalue weighted by Gasteiger charge is -2.40. The van der Waals surface area contributed by atoms with Crippen molar-refractivity contribution in [3.05, 3.63) is 128 Å². The molecule has 0 radical (unpaired) electrons. The summed E-state index contributed by atoms with van der Waals surface area (Å²) in [5, 5.41) is 26.8. The molecule has 58 heavy (non-hydrogen) atoms. The van der Waals surface area contributed by atoms with Crippen LogP contribution in [0.1, 0.15) is 110 Å². The predicted octanol–water partition coefficient (Wildman–Crippen LogP) is 5.24. The minimum Gasteiger partial charge on any atom is -0.860 e. The number of allylic oxidation sites excluding steroid dienone is 4. The van der Waals surface area contributed by atoms with Gasteiger partial charge in [0.1, 0.15) is 12.3 Å². The number of methoxy groups -OCH3 is 1. The van der Waals surface area contributed by atoms with E-state index in [-0.39, 0.29) is 44.6 Å². The van der Waals surface area contributed by atoms with Gasteiger partial charge in [0.25, 0.3) is 16.7 Å². The minimum absolute atomic E-state index is 0.0160. The fourth-order valence-electron chi connectivity index (χ4n) is 9.97. The Balaban J connectivity index is 1.23. The lowest BCUT2D eigenvalue weighted by atomic mass is 9.82. The van der Waals surface area contributed by atoms with Crippen LogP contribution in [0.3, 0.4) is 0 Å². The van der Waals surface area contributed by atoms with Crippen molar-refractivity contribution in [3.8, 4) is 17.5 Å². The second-order valence-electron chi connectivity index (χ2n) is 16.5. The molecule has 306 valence electrons. The van der Waals surface area contributed by atoms with Gasteiger partial charge < -0.3 is 29.0 Å². The van der Waals surface area contributed by atoms with E-state index in [0.717, 1.165) is 82.1 Å². The fraction of sp³-hybridized carbons (Fsp3) is 0.477. The Hall–Kier alpha value is -4.79. The van der Waals surface area contributed by atoms with E-state index in [0.29, 0.717) is 49.7 Å². The lowest BCUT2D eigenvalue weighted by molar-refractivity contribution is -0.924. The van der Waals surface area contributed by atoms with Gasteiger partial charge in [0.2, 0.25) is 5.88 Å². The van der Waals surface area contributed by atoms with Gasteiger partial charge in [-0.25, -0.2) is 0 Å². The van der Waals surface area contributed by atoms with Crippen LogP contribution in [-0.4, -0.2) is 49.0 Å². The molecule has 2 aliphatic heterocycles. The number of rotatable bonds is 12. The van der Waals surface area contributed by atoms with Gasteiger partial charge in [0, 0.05) is 54.4 Å². The highest BCUT2D eigenvalue weighted by atomic mass is 32.1. The van der Waals surface area contributed by atoms with Crippen LogP contribution in [0.2, 0.25) is 0 Å². The molecule has 0 amide bonds. The minimum atomic E-state index is -1.27. The third-order valence-corrected chi connectivity index (χ3v) is 13.4. The van der Waals surface area contributed by atoms with Crippen LogP contribution in [0.15, 0.2) is 74.1 Å². The quantitative estimate of drug-likeness (QED) is 0.112. The van der Waals surface area contributed by atoms with Gasteiger partial charge in [-0.05, 0) is 125 Å². The van der Waals surface area contributed by atoms with Gasteiger partial charge in [-0.15, -0.1) is 0 Å². The second kappa shape index (κ2) is 17.2. The number of pyridine rings is 1. The molecule has 0 saturated carbocycles. The van der Waals surface area contributed by atoms with E-state index in [4.69, 9.17) is 29.2 Å². The first-order valence-corrected chi connectivity index (χ1v) is 21.6. The summed E-state index contributed by atoms with van der Waals surface area (Å²) in [6.45, 7) is 3.50. The van der Waals surface area contributed by atoms with Crippen LogP contribution in [-0.2, 0) is 26.2 Å².